The van der Waals surface area contributed by atoms with Crippen LogP contribution in [-0.4, -0.2) is 54.8 Å². The molecule has 2 saturated heterocycles. The first-order valence-corrected chi connectivity index (χ1v) is 8.82. The number of hydrogen-bond donors (Lipinski definition) is 1. The van der Waals surface area contributed by atoms with Gasteiger partial charge >= 0.3 is 0 Å². The Morgan fingerprint density at radius 1 is 1.25 bits per heavy atom. The zero-order chi connectivity index (χ0) is 17.2. The van der Waals surface area contributed by atoms with E-state index in [4.69, 9.17) is 5.73 Å². The molecule has 5 heteroatoms. The first-order chi connectivity index (χ1) is 11.5. The van der Waals surface area contributed by atoms with Crippen LogP contribution in [0, 0.1) is 5.41 Å². The Kier molecular flexibility index (Phi) is 4.90. The zero-order valence-corrected chi connectivity index (χ0v) is 14.4. The number of nitrogens with zero attached hydrogens (tertiary/aromatic N) is 2. The van der Waals surface area contributed by atoms with Gasteiger partial charge in [-0.2, -0.15) is 0 Å². The van der Waals surface area contributed by atoms with Gasteiger partial charge in [0, 0.05) is 39.6 Å². The van der Waals surface area contributed by atoms with Gasteiger partial charge in [0.25, 0.3) is 0 Å². The molecule has 1 spiro atoms. The summed E-state index contributed by atoms with van der Waals surface area (Å²) in [6, 6.07) is 10.1. The molecule has 2 amide bonds. The topological polar surface area (TPSA) is 66.6 Å². The van der Waals surface area contributed by atoms with E-state index in [2.05, 4.69) is 12.1 Å². The third kappa shape index (κ3) is 3.31. The van der Waals surface area contributed by atoms with Crippen LogP contribution in [-0.2, 0) is 9.59 Å². The van der Waals surface area contributed by atoms with E-state index in [1.807, 2.05) is 35.0 Å². The molecule has 130 valence electrons. The van der Waals surface area contributed by atoms with Gasteiger partial charge < -0.3 is 15.5 Å². The summed E-state index contributed by atoms with van der Waals surface area (Å²) in [6.45, 7) is 2.77. The van der Waals surface area contributed by atoms with Crippen LogP contribution in [0.5, 0.6) is 0 Å². The molecule has 5 nitrogen and oxygen atoms in total. The Morgan fingerprint density at radius 2 is 1.92 bits per heavy atom. The maximum Gasteiger partial charge on any atom is 0.229 e. The molecule has 0 aliphatic carbocycles. The smallest absolute Gasteiger partial charge is 0.229 e. The summed E-state index contributed by atoms with van der Waals surface area (Å²) in [5.74, 6) is 0.317. The molecule has 2 fully saturated rings. The molecule has 2 aliphatic rings. The van der Waals surface area contributed by atoms with Gasteiger partial charge in [-0.3, -0.25) is 9.59 Å². The largest absolute Gasteiger partial charge is 0.345 e. The minimum Gasteiger partial charge on any atom is -0.345 e. The number of hydrogen-bond acceptors (Lipinski definition) is 3. The lowest BCUT2D eigenvalue weighted by Gasteiger charge is -2.49. The van der Waals surface area contributed by atoms with E-state index in [0.29, 0.717) is 13.0 Å². The van der Waals surface area contributed by atoms with Gasteiger partial charge in [0.15, 0.2) is 0 Å². The molecule has 2 N–H and O–H groups in total. The molecule has 2 aliphatic heterocycles. The molecular weight excluding hydrogens is 302 g/mol. The standard InChI is InChI=1S/C19H27N3O2/c1-21-14-19(8-11-22(12-9-19)17(23)7-10-20)13-16(18(21)24)15-5-3-2-4-6-15/h2-6,16H,7-14,20H2,1H3/t16-/m1/s1. The van der Waals surface area contributed by atoms with Crippen LogP contribution >= 0.6 is 0 Å². The highest BCUT2D eigenvalue weighted by Gasteiger charge is 2.45. The summed E-state index contributed by atoms with van der Waals surface area (Å²) >= 11 is 0. The quantitative estimate of drug-likeness (QED) is 0.916. The van der Waals surface area contributed by atoms with E-state index in [1.54, 1.807) is 0 Å². The Labute approximate surface area is 143 Å². The van der Waals surface area contributed by atoms with Crippen molar-refractivity contribution in [3.63, 3.8) is 0 Å². The van der Waals surface area contributed by atoms with Crippen molar-refractivity contribution in [1.29, 1.82) is 0 Å². The second-order valence-electron chi connectivity index (χ2n) is 7.28. The number of rotatable bonds is 3. The molecule has 1 aromatic rings. The van der Waals surface area contributed by atoms with Crippen LogP contribution in [0.3, 0.4) is 0 Å². The van der Waals surface area contributed by atoms with Gasteiger partial charge in [0.1, 0.15) is 0 Å². The molecule has 0 aromatic heterocycles. The van der Waals surface area contributed by atoms with Crippen molar-refractivity contribution in [3.05, 3.63) is 35.9 Å². The molecule has 0 radical (unpaired) electrons. The fourth-order valence-electron chi connectivity index (χ4n) is 4.25. The summed E-state index contributed by atoms with van der Waals surface area (Å²) in [5.41, 5.74) is 6.73. The molecule has 1 atom stereocenters. The van der Waals surface area contributed by atoms with Crippen LogP contribution in [0.25, 0.3) is 0 Å². The highest BCUT2D eigenvalue weighted by molar-refractivity contribution is 5.84. The number of carbonyl (C=O) groups excluding carboxylic acids is 2. The van der Waals surface area contributed by atoms with Gasteiger partial charge in [-0.05, 0) is 30.2 Å². The Bertz CT molecular complexity index is 594. The predicted molar refractivity (Wildman–Crippen MR) is 93.4 cm³/mol. The average Bonchev–Trinajstić information content (AvgIpc) is 2.60. The predicted octanol–water partition coefficient (Wildman–Crippen LogP) is 1.59. The van der Waals surface area contributed by atoms with Gasteiger partial charge in [-0.1, -0.05) is 30.3 Å². The first kappa shape index (κ1) is 17.0. The van der Waals surface area contributed by atoms with Crippen molar-refractivity contribution in [2.45, 2.75) is 31.6 Å². The van der Waals surface area contributed by atoms with Crippen molar-refractivity contribution in [3.8, 4) is 0 Å². The minimum atomic E-state index is -0.0590. The van der Waals surface area contributed by atoms with Crippen LogP contribution in [0.15, 0.2) is 30.3 Å². The van der Waals surface area contributed by atoms with E-state index in [9.17, 15) is 9.59 Å². The number of carbonyl (C=O) groups is 2. The highest BCUT2D eigenvalue weighted by atomic mass is 16.2. The van der Waals surface area contributed by atoms with E-state index >= 15 is 0 Å². The lowest BCUT2D eigenvalue weighted by atomic mass is 9.67. The fourth-order valence-corrected chi connectivity index (χ4v) is 4.25. The van der Waals surface area contributed by atoms with Crippen molar-refractivity contribution in [2.75, 3.05) is 33.2 Å². The Hall–Kier alpha value is -1.88. The summed E-state index contributed by atoms with van der Waals surface area (Å²) in [4.78, 5) is 28.5. The molecule has 3 rings (SSSR count). The Balaban J connectivity index is 1.73. The SMILES string of the molecule is CN1CC2(CCN(C(=O)CCN)CC2)C[C@H](c2ccccc2)C1=O. The molecule has 0 saturated carbocycles. The van der Waals surface area contributed by atoms with Crippen LogP contribution in [0.1, 0.15) is 37.2 Å². The second kappa shape index (κ2) is 6.93. The number of likely N-dealkylation sites (tertiary alicyclic amines) is 2. The summed E-state index contributed by atoms with van der Waals surface area (Å²) in [6.07, 6.45) is 3.24. The Morgan fingerprint density at radius 3 is 2.54 bits per heavy atom. The summed E-state index contributed by atoms with van der Waals surface area (Å²) in [7, 11) is 1.91. The van der Waals surface area contributed by atoms with Gasteiger partial charge in [-0.25, -0.2) is 0 Å². The van der Waals surface area contributed by atoms with E-state index in [0.717, 1.165) is 44.5 Å². The van der Waals surface area contributed by atoms with E-state index in [1.165, 1.54) is 0 Å². The normalized spacial score (nSPS) is 23.6. The number of piperidine rings is 2. The third-order valence-corrected chi connectivity index (χ3v) is 5.62. The van der Waals surface area contributed by atoms with Crippen LogP contribution in [0.4, 0.5) is 0 Å². The van der Waals surface area contributed by atoms with Crippen LogP contribution < -0.4 is 5.73 Å². The van der Waals surface area contributed by atoms with E-state index in [-0.39, 0.29) is 23.1 Å². The number of benzene rings is 1. The van der Waals surface area contributed by atoms with Crippen molar-refractivity contribution in [2.24, 2.45) is 11.1 Å². The summed E-state index contributed by atoms with van der Waals surface area (Å²) < 4.78 is 0. The number of nitrogens with two attached hydrogens (primary N) is 1. The van der Waals surface area contributed by atoms with Crippen molar-refractivity contribution < 1.29 is 9.59 Å². The molecule has 2 heterocycles. The molecule has 0 unspecified atom stereocenters. The molecule has 1 aromatic carbocycles. The number of amides is 2. The maximum atomic E-state index is 12.7. The minimum absolute atomic E-state index is 0.0590. The second-order valence-corrected chi connectivity index (χ2v) is 7.28. The fraction of sp³-hybridized carbons (Fsp3) is 0.579. The molecule has 0 bridgehead atoms. The lowest BCUT2D eigenvalue weighted by molar-refractivity contribution is -0.143. The molecule has 24 heavy (non-hydrogen) atoms. The van der Waals surface area contributed by atoms with Crippen molar-refractivity contribution >= 4 is 11.8 Å². The average molecular weight is 329 g/mol. The first-order valence-electron chi connectivity index (χ1n) is 8.82. The maximum absolute atomic E-state index is 12.7. The third-order valence-electron chi connectivity index (χ3n) is 5.62. The lowest BCUT2D eigenvalue weighted by Crippen LogP contribution is -2.53. The van der Waals surface area contributed by atoms with Crippen LogP contribution in [0.2, 0.25) is 0 Å². The van der Waals surface area contributed by atoms with Gasteiger partial charge in [-0.15, -0.1) is 0 Å². The highest BCUT2D eigenvalue weighted by Crippen LogP contribution is 2.45. The zero-order valence-electron chi connectivity index (χ0n) is 14.4. The van der Waals surface area contributed by atoms with Gasteiger partial charge in [0.2, 0.25) is 11.8 Å². The van der Waals surface area contributed by atoms with E-state index < -0.39 is 0 Å². The molecular formula is C19H27N3O2. The monoisotopic (exact) mass is 329 g/mol. The summed E-state index contributed by atoms with van der Waals surface area (Å²) in [5, 5.41) is 0. The van der Waals surface area contributed by atoms with Gasteiger partial charge in [0.05, 0.1) is 5.92 Å². The van der Waals surface area contributed by atoms with Crippen molar-refractivity contribution in [1.82, 2.24) is 9.80 Å². The number of likely N-dealkylation sites (N-methyl/N-ethyl adjacent to an activating group) is 1.